The van der Waals surface area contributed by atoms with Gasteiger partial charge >= 0.3 is 0 Å². The lowest BCUT2D eigenvalue weighted by atomic mass is 9.78. The summed E-state index contributed by atoms with van der Waals surface area (Å²) < 4.78 is 6.22. The first-order valence-corrected chi connectivity index (χ1v) is 5.38. The molecule has 1 aromatic carbocycles. The van der Waals surface area contributed by atoms with E-state index in [-0.39, 0.29) is 5.92 Å². The summed E-state index contributed by atoms with van der Waals surface area (Å²) in [5.41, 5.74) is 1.01. The van der Waals surface area contributed by atoms with Crippen LogP contribution < -0.4 is 4.74 Å². The Bertz CT molecular complexity index is 374. The summed E-state index contributed by atoms with van der Waals surface area (Å²) in [5.74, 6) is 1.16. The van der Waals surface area contributed by atoms with Gasteiger partial charge in [-0.2, -0.15) is 0 Å². The second-order valence-corrected chi connectivity index (χ2v) is 4.27. The Labute approximate surface area is 91.4 Å². The summed E-state index contributed by atoms with van der Waals surface area (Å²) in [6, 6.07) is 5.75. The molecule has 74 valence electrons. The lowest BCUT2D eigenvalue weighted by molar-refractivity contribution is -0.125. The second-order valence-electron chi connectivity index (χ2n) is 3.41. The summed E-state index contributed by atoms with van der Waals surface area (Å²) in [4.78, 5) is 11.4. The van der Waals surface area contributed by atoms with Crippen LogP contribution in [0.3, 0.4) is 0 Å². The van der Waals surface area contributed by atoms with Crippen LogP contribution in [-0.4, -0.2) is 12.9 Å². The van der Waals surface area contributed by atoms with Gasteiger partial charge in [0.25, 0.3) is 0 Å². The third-order valence-corrected chi connectivity index (χ3v) is 3.34. The van der Waals surface area contributed by atoms with Crippen molar-refractivity contribution in [1.82, 2.24) is 0 Å². The van der Waals surface area contributed by atoms with Crippen molar-refractivity contribution in [2.45, 2.75) is 18.8 Å². The average Bonchev–Trinajstić information content (AvgIpc) is 2.18. The molecule has 3 heteroatoms. The van der Waals surface area contributed by atoms with Crippen LogP contribution in [-0.2, 0) is 4.79 Å². The molecule has 0 aliphatic heterocycles. The van der Waals surface area contributed by atoms with Crippen molar-refractivity contribution in [3.05, 3.63) is 28.2 Å². The number of ketones is 1. The number of benzene rings is 1. The molecule has 1 atom stereocenters. The Morgan fingerprint density at radius 1 is 1.50 bits per heavy atom. The van der Waals surface area contributed by atoms with E-state index in [0.29, 0.717) is 12.2 Å². The zero-order chi connectivity index (χ0) is 10.1. The highest BCUT2D eigenvalue weighted by atomic mass is 79.9. The lowest BCUT2D eigenvalue weighted by Crippen LogP contribution is -2.24. The van der Waals surface area contributed by atoms with Gasteiger partial charge in [-0.3, -0.25) is 4.79 Å². The quantitative estimate of drug-likeness (QED) is 0.812. The van der Waals surface area contributed by atoms with E-state index in [9.17, 15) is 4.79 Å². The summed E-state index contributed by atoms with van der Waals surface area (Å²) in [5, 5.41) is 0. The van der Waals surface area contributed by atoms with Crippen molar-refractivity contribution >= 4 is 21.7 Å². The summed E-state index contributed by atoms with van der Waals surface area (Å²) in [6.45, 7) is 0. The van der Waals surface area contributed by atoms with Gasteiger partial charge in [-0.1, -0.05) is 22.0 Å². The van der Waals surface area contributed by atoms with Gasteiger partial charge in [0.2, 0.25) is 0 Å². The second kappa shape index (κ2) is 3.73. The van der Waals surface area contributed by atoms with E-state index >= 15 is 0 Å². The predicted octanol–water partition coefficient (Wildman–Crippen LogP) is 2.90. The third kappa shape index (κ3) is 1.46. The molecule has 0 aromatic heterocycles. The topological polar surface area (TPSA) is 26.3 Å². The maximum Gasteiger partial charge on any atom is 0.140 e. The molecule has 2 rings (SSSR count). The average molecular weight is 255 g/mol. The molecule has 2 nitrogen and oxygen atoms in total. The number of methoxy groups -OCH3 is 1. The van der Waals surface area contributed by atoms with Crippen molar-refractivity contribution in [3.63, 3.8) is 0 Å². The molecule has 0 N–H and O–H groups in total. The first-order chi connectivity index (χ1) is 6.74. The fourth-order valence-electron chi connectivity index (χ4n) is 1.75. The van der Waals surface area contributed by atoms with Crippen LogP contribution in [0.25, 0.3) is 0 Å². The molecular weight excluding hydrogens is 244 g/mol. The SMILES string of the molecule is COc1cccc(Br)c1C1CCC1=O. The number of rotatable bonds is 2. The minimum Gasteiger partial charge on any atom is -0.496 e. The highest BCUT2D eigenvalue weighted by Gasteiger charge is 2.33. The minimum atomic E-state index is 0.0422. The Morgan fingerprint density at radius 2 is 2.29 bits per heavy atom. The number of halogens is 1. The molecule has 1 saturated carbocycles. The fraction of sp³-hybridized carbons (Fsp3) is 0.364. The maximum atomic E-state index is 11.4. The number of carbonyl (C=O) groups is 1. The van der Waals surface area contributed by atoms with Gasteiger partial charge in [0.1, 0.15) is 11.5 Å². The standard InChI is InChI=1S/C11H11BrO2/c1-14-10-4-2-3-8(12)11(10)7-5-6-9(7)13/h2-4,7H,5-6H2,1H3. The van der Waals surface area contributed by atoms with Gasteiger partial charge in [-0.05, 0) is 18.6 Å². The van der Waals surface area contributed by atoms with Gasteiger partial charge in [-0.15, -0.1) is 0 Å². The van der Waals surface area contributed by atoms with E-state index < -0.39 is 0 Å². The summed E-state index contributed by atoms with van der Waals surface area (Å²) in [6.07, 6.45) is 1.65. The van der Waals surface area contributed by atoms with E-state index in [1.165, 1.54) is 0 Å². The van der Waals surface area contributed by atoms with Gasteiger partial charge in [0.05, 0.1) is 7.11 Å². The van der Waals surface area contributed by atoms with E-state index in [1.54, 1.807) is 7.11 Å². The third-order valence-electron chi connectivity index (χ3n) is 2.65. The highest BCUT2D eigenvalue weighted by molar-refractivity contribution is 9.10. The van der Waals surface area contributed by atoms with E-state index in [4.69, 9.17) is 4.74 Å². The fourth-order valence-corrected chi connectivity index (χ4v) is 2.37. The molecule has 1 aliphatic rings. The van der Waals surface area contributed by atoms with Crippen molar-refractivity contribution in [2.24, 2.45) is 0 Å². The highest BCUT2D eigenvalue weighted by Crippen LogP contribution is 2.41. The molecule has 0 bridgehead atoms. The molecule has 0 saturated heterocycles. The van der Waals surface area contributed by atoms with Crippen LogP contribution in [0.4, 0.5) is 0 Å². The molecule has 1 aromatic rings. The molecule has 0 radical (unpaired) electrons. The van der Waals surface area contributed by atoms with Crippen molar-refractivity contribution in [3.8, 4) is 5.75 Å². The summed E-state index contributed by atoms with van der Waals surface area (Å²) in [7, 11) is 1.63. The lowest BCUT2D eigenvalue weighted by Gasteiger charge is -2.26. The zero-order valence-electron chi connectivity index (χ0n) is 7.92. The number of hydrogen-bond acceptors (Lipinski definition) is 2. The molecule has 14 heavy (non-hydrogen) atoms. The Hall–Kier alpha value is -0.830. The molecule has 0 spiro atoms. The predicted molar refractivity (Wildman–Crippen MR) is 57.7 cm³/mol. The van der Waals surface area contributed by atoms with Crippen LogP contribution in [0, 0.1) is 0 Å². The van der Waals surface area contributed by atoms with Crippen molar-refractivity contribution < 1.29 is 9.53 Å². The Morgan fingerprint density at radius 3 is 2.79 bits per heavy atom. The van der Waals surface area contributed by atoms with Crippen LogP contribution in [0.1, 0.15) is 24.3 Å². The molecule has 1 unspecified atom stereocenters. The zero-order valence-corrected chi connectivity index (χ0v) is 9.50. The van der Waals surface area contributed by atoms with Crippen LogP contribution in [0.5, 0.6) is 5.75 Å². The van der Waals surface area contributed by atoms with Crippen LogP contribution >= 0.6 is 15.9 Å². The van der Waals surface area contributed by atoms with Crippen molar-refractivity contribution in [1.29, 1.82) is 0 Å². The number of hydrogen-bond donors (Lipinski definition) is 0. The molecule has 1 fully saturated rings. The first kappa shape index (κ1) is 9.71. The Balaban J connectivity index is 2.44. The van der Waals surface area contributed by atoms with E-state index in [0.717, 1.165) is 22.2 Å². The van der Waals surface area contributed by atoms with Gasteiger partial charge in [-0.25, -0.2) is 0 Å². The van der Waals surface area contributed by atoms with E-state index in [2.05, 4.69) is 15.9 Å². The largest absolute Gasteiger partial charge is 0.496 e. The molecule has 0 amide bonds. The molecular formula is C11H11BrO2. The molecule has 1 aliphatic carbocycles. The van der Waals surface area contributed by atoms with Crippen LogP contribution in [0.15, 0.2) is 22.7 Å². The van der Waals surface area contributed by atoms with Crippen molar-refractivity contribution in [2.75, 3.05) is 7.11 Å². The monoisotopic (exact) mass is 254 g/mol. The minimum absolute atomic E-state index is 0.0422. The first-order valence-electron chi connectivity index (χ1n) is 4.59. The Kier molecular flexibility index (Phi) is 2.59. The van der Waals surface area contributed by atoms with E-state index in [1.807, 2.05) is 18.2 Å². The van der Waals surface area contributed by atoms with Gasteiger partial charge < -0.3 is 4.74 Å². The van der Waals surface area contributed by atoms with Gasteiger partial charge in [0, 0.05) is 22.4 Å². The van der Waals surface area contributed by atoms with Crippen LogP contribution in [0.2, 0.25) is 0 Å². The number of ether oxygens (including phenoxy) is 1. The number of carbonyl (C=O) groups excluding carboxylic acids is 1. The molecule has 0 heterocycles. The van der Waals surface area contributed by atoms with Gasteiger partial charge in [0.15, 0.2) is 0 Å². The number of Topliss-reactive ketones (excluding diaryl/α,β-unsaturated/α-hetero) is 1. The smallest absolute Gasteiger partial charge is 0.140 e. The summed E-state index contributed by atoms with van der Waals surface area (Å²) >= 11 is 3.46. The normalized spacial score (nSPS) is 20.4. The maximum absolute atomic E-state index is 11.4.